The number of amides is 2. The first-order chi connectivity index (χ1) is 13.6. The molecule has 0 saturated heterocycles. The number of ether oxygens (including phenoxy) is 2. The number of carbonyl (C=O) groups is 2. The lowest BCUT2D eigenvalue weighted by Crippen LogP contribution is -2.38. The third-order valence-electron chi connectivity index (χ3n) is 4.53. The SMILES string of the molecule is COCCCNC(=O)C1COc2ccc(NC(=O)c3ccc(F)cc3)cc2C1. The van der Waals surface area contributed by atoms with E-state index >= 15 is 0 Å². The van der Waals surface area contributed by atoms with E-state index in [1.54, 1.807) is 25.3 Å². The minimum absolute atomic E-state index is 0.0532. The lowest BCUT2D eigenvalue weighted by molar-refractivity contribution is -0.126. The molecule has 0 fully saturated rings. The number of hydrogen-bond acceptors (Lipinski definition) is 4. The van der Waals surface area contributed by atoms with Gasteiger partial charge in [-0.3, -0.25) is 9.59 Å². The fourth-order valence-corrected chi connectivity index (χ4v) is 3.02. The number of anilines is 1. The number of halogens is 1. The maximum atomic E-state index is 13.0. The Balaban J connectivity index is 1.62. The van der Waals surface area contributed by atoms with Gasteiger partial charge in [0.25, 0.3) is 5.91 Å². The molecule has 0 aromatic heterocycles. The zero-order valence-electron chi connectivity index (χ0n) is 15.7. The van der Waals surface area contributed by atoms with Gasteiger partial charge in [0, 0.05) is 31.5 Å². The summed E-state index contributed by atoms with van der Waals surface area (Å²) < 4.78 is 23.7. The molecular formula is C21H23FN2O4. The van der Waals surface area contributed by atoms with Crippen LogP contribution in [0.5, 0.6) is 5.75 Å². The Bertz CT molecular complexity index is 839. The van der Waals surface area contributed by atoms with E-state index in [4.69, 9.17) is 9.47 Å². The van der Waals surface area contributed by atoms with Gasteiger partial charge in [0.15, 0.2) is 0 Å². The van der Waals surface area contributed by atoms with Crippen molar-refractivity contribution < 1.29 is 23.5 Å². The first-order valence-corrected chi connectivity index (χ1v) is 9.16. The Kier molecular flexibility index (Phi) is 6.60. The molecule has 1 heterocycles. The van der Waals surface area contributed by atoms with Gasteiger partial charge in [0.1, 0.15) is 18.2 Å². The van der Waals surface area contributed by atoms with E-state index in [1.807, 2.05) is 0 Å². The molecular weight excluding hydrogens is 363 g/mol. The predicted molar refractivity (Wildman–Crippen MR) is 103 cm³/mol. The van der Waals surface area contributed by atoms with Crippen molar-refractivity contribution in [3.8, 4) is 5.75 Å². The predicted octanol–water partition coefficient (Wildman–Crippen LogP) is 2.78. The van der Waals surface area contributed by atoms with E-state index in [2.05, 4.69) is 10.6 Å². The van der Waals surface area contributed by atoms with Crippen molar-refractivity contribution in [3.05, 3.63) is 59.4 Å². The van der Waals surface area contributed by atoms with Crippen LogP contribution in [0.2, 0.25) is 0 Å². The monoisotopic (exact) mass is 386 g/mol. The van der Waals surface area contributed by atoms with Crippen molar-refractivity contribution in [2.75, 3.05) is 32.2 Å². The Labute approximate surface area is 163 Å². The number of carbonyl (C=O) groups excluding carboxylic acids is 2. The van der Waals surface area contributed by atoms with Gasteiger partial charge in [-0.15, -0.1) is 0 Å². The van der Waals surface area contributed by atoms with Crippen molar-refractivity contribution in [3.63, 3.8) is 0 Å². The summed E-state index contributed by atoms with van der Waals surface area (Å²) in [6.45, 7) is 1.48. The van der Waals surface area contributed by atoms with Gasteiger partial charge in [-0.05, 0) is 60.9 Å². The molecule has 6 nitrogen and oxygen atoms in total. The van der Waals surface area contributed by atoms with Crippen LogP contribution in [-0.2, 0) is 16.0 Å². The summed E-state index contributed by atoms with van der Waals surface area (Å²) in [5, 5.41) is 5.68. The molecule has 0 radical (unpaired) electrons. The molecule has 0 saturated carbocycles. The van der Waals surface area contributed by atoms with Crippen molar-refractivity contribution >= 4 is 17.5 Å². The fourth-order valence-electron chi connectivity index (χ4n) is 3.02. The van der Waals surface area contributed by atoms with Crippen LogP contribution in [0.25, 0.3) is 0 Å². The average Bonchev–Trinajstić information content (AvgIpc) is 2.71. The van der Waals surface area contributed by atoms with Crippen molar-refractivity contribution in [1.29, 1.82) is 0 Å². The molecule has 7 heteroatoms. The molecule has 148 valence electrons. The van der Waals surface area contributed by atoms with Gasteiger partial charge in [-0.1, -0.05) is 0 Å². The van der Waals surface area contributed by atoms with Crippen LogP contribution < -0.4 is 15.4 Å². The molecule has 1 aliphatic heterocycles. The van der Waals surface area contributed by atoms with Crippen LogP contribution in [0.3, 0.4) is 0 Å². The quantitative estimate of drug-likeness (QED) is 0.718. The Morgan fingerprint density at radius 2 is 2.00 bits per heavy atom. The molecule has 2 aromatic rings. The average molecular weight is 386 g/mol. The van der Waals surface area contributed by atoms with Gasteiger partial charge in [0.05, 0.1) is 5.92 Å². The summed E-state index contributed by atoms with van der Waals surface area (Å²) >= 11 is 0. The summed E-state index contributed by atoms with van der Waals surface area (Å²) in [4.78, 5) is 24.6. The molecule has 3 rings (SSSR count). The molecule has 0 spiro atoms. The number of nitrogens with one attached hydrogen (secondary N) is 2. The van der Waals surface area contributed by atoms with Crippen LogP contribution in [0, 0.1) is 11.7 Å². The van der Waals surface area contributed by atoms with E-state index in [0.717, 1.165) is 12.0 Å². The number of benzene rings is 2. The minimum atomic E-state index is -0.394. The molecule has 2 amide bonds. The third kappa shape index (κ3) is 5.07. The molecule has 28 heavy (non-hydrogen) atoms. The molecule has 1 aliphatic rings. The number of fused-ring (bicyclic) bond motifs is 1. The second kappa shape index (κ2) is 9.32. The lowest BCUT2D eigenvalue weighted by atomic mass is 9.95. The number of rotatable bonds is 7. The molecule has 0 bridgehead atoms. The van der Waals surface area contributed by atoms with Crippen molar-refractivity contribution in [2.45, 2.75) is 12.8 Å². The van der Waals surface area contributed by atoms with Gasteiger partial charge in [-0.25, -0.2) is 4.39 Å². The highest BCUT2D eigenvalue weighted by molar-refractivity contribution is 6.04. The fraction of sp³-hybridized carbons (Fsp3) is 0.333. The van der Waals surface area contributed by atoms with E-state index in [1.165, 1.54) is 24.3 Å². The normalized spacial score (nSPS) is 15.3. The summed E-state index contributed by atoms with van der Waals surface area (Å²) in [6.07, 6.45) is 1.29. The highest BCUT2D eigenvalue weighted by atomic mass is 19.1. The Morgan fingerprint density at radius 1 is 1.21 bits per heavy atom. The van der Waals surface area contributed by atoms with Crippen LogP contribution in [-0.4, -0.2) is 38.7 Å². The maximum absolute atomic E-state index is 13.0. The van der Waals surface area contributed by atoms with Crippen LogP contribution in [0.15, 0.2) is 42.5 Å². The largest absolute Gasteiger partial charge is 0.492 e. The van der Waals surface area contributed by atoms with E-state index in [9.17, 15) is 14.0 Å². The van der Waals surface area contributed by atoms with Crippen molar-refractivity contribution in [1.82, 2.24) is 5.32 Å². The van der Waals surface area contributed by atoms with Gasteiger partial charge in [-0.2, -0.15) is 0 Å². The minimum Gasteiger partial charge on any atom is -0.492 e. The summed E-state index contributed by atoms with van der Waals surface area (Å²) in [5.41, 5.74) is 1.82. The van der Waals surface area contributed by atoms with Crippen LogP contribution in [0.4, 0.5) is 10.1 Å². The molecule has 1 unspecified atom stereocenters. The summed E-state index contributed by atoms with van der Waals surface area (Å²) in [5.74, 6) is -0.345. The number of methoxy groups -OCH3 is 1. The van der Waals surface area contributed by atoms with Gasteiger partial charge < -0.3 is 20.1 Å². The highest BCUT2D eigenvalue weighted by Gasteiger charge is 2.26. The third-order valence-corrected chi connectivity index (χ3v) is 4.53. The first kappa shape index (κ1) is 19.8. The molecule has 2 N–H and O–H groups in total. The smallest absolute Gasteiger partial charge is 0.255 e. The maximum Gasteiger partial charge on any atom is 0.255 e. The lowest BCUT2D eigenvalue weighted by Gasteiger charge is -2.25. The first-order valence-electron chi connectivity index (χ1n) is 9.16. The molecule has 0 aliphatic carbocycles. The molecule has 1 atom stereocenters. The Morgan fingerprint density at radius 3 is 2.75 bits per heavy atom. The second-order valence-corrected chi connectivity index (χ2v) is 6.63. The summed E-state index contributed by atoms with van der Waals surface area (Å²) in [6, 6.07) is 10.7. The topological polar surface area (TPSA) is 76.7 Å². The van der Waals surface area contributed by atoms with Crippen LogP contribution in [0.1, 0.15) is 22.3 Å². The number of hydrogen-bond donors (Lipinski definition) is 2. The molecule has 2 aromatic carbocycles. The van der Waals surface area contributed by atoms with Gasteiger partial charge in [0.2, 0.25) is 5.91 Å². The van der Waals surface area contributed by atoms with E-state index < -0.39 is 5.82 Å². The highest BCUT2D eigenvalue weighted by Crippen LogP contribution is 2.30. The zero-order chi connectivity index (χ0) is 19.9. The van der Waals surface area contributed by atoms with Gasteiger partial charge >= 0.3 is 0 Å². The van der Waals surface area contributed by atoms with E-state index in [0.29, 0.717) is 43.2 Å². The van der Waals surface area contributed by atoms with Crippen molar-refractivity contribution in [2.24, 2.45) is 5.92 Å². The van der Waals surface area contributed by atoms with E-state index in [-0.39, 0.29) is 17.7 Å². The summed E-state index contributed by atoms with van der Waals surface area (Å²) in [7, 11) is 1.63. The standard InChI is InChI=1S/C21H23FN2O4/c1-27-10-2-9-23-20(25)16-11-15-12-18(7-8-19(15)28-13-16)24-21(26)14-3-5-17(22)6-4-14/h3-8,12,16H,2,9-11,13H2,1H3,(H,23,25)(H,24,26). The zero-order valence-corrected chi connectivity index (χ0v) is 15.7. The van der Waals surface area contributed by atoms with Crippen LogP contribution >= 0.6 is 0 Å². The second-order valence-electron chi connectivity index (χ2n) is 6.63. The Hall–Kier alpha value is -2.93.